The summed E-state index contributed by atoms with van der Waals surface area (Å²) in [6.45, 7) is 12.8. The molecule has 2 heterocycles. The highest BCUT2D eigenvalue weighted by molar-refractivity contribution is 6.74. The van der Waals surface area contributed by atoms with Gasteiger partial charge in [-0.3, -0.25) is 19.3 Å². The second-order valence-corrected chi connectivity index (χ2v) is 16.1. The largest absolute Gasteiger partial charge is 0.547 e. The minimum Gasteiger partial charge on any atom is -0.547 e. The van der Waals surface area contributed by atoms with Crippen molar-refractivity contribution in [2.75, 3.05) is 19.1 Å². The molecule has 7 nitrogen and oxygen atoms in total. The van der Waals surface area contributed by atoms with Crippen LogP contribution in [0.2, 0.25) is 18.1 Å². The number of hydrogen-bond acceptors (Lipinski definition) is 5. The van der Waals surface area contributed by atoms with Crippen LogP contribution in [0.15, 0.2) is 36.1 Å². The van der Waals surface area contributed by atoms with E-state index in [1.165, 1.54) is 4.90 Å². The first-order valence-electron chi connectivity index (χ1n) is 12.0. The Kier molecular flexibility index (Phi) is 5.95. The van der Waals surface area contributed by atoms with Crippen molar-refractivity contribution in [3.05, 3.63) is 36.1 Å². The normalized spacial score (nSPS) is 29.6. The summed E-state index contributed by atoms with van der Waals surface area (Å²) in [7, 11) is 1.02. The van der Waals surface area contributed by atoms with Gasteiger partial charge in [-0.25, -0.2) is 0 Å². The first-order chi connectivity index (χ1) is 15.8. The van der Waals surface area contributed by atoms with Crippen molar-refractivity contribution in [2.24, 2.45) is 23.7 Å². The number of fused-ring (bicyclic) bond motifs is 1. The van der Waals surface area contributed by atoms with Crippen molar-refractivity contribution < 1.29 is 23.5 Å². The Morgan fingerprint density at radius 2 is 1.62 bits per heavy atom. The maximum Gasteiger partial charge on any atom is 0.250 e. The van der Waals surface area contributed by atoms with Crippen LogP contribution in [0, 0.1) is 23.7 Å². The zero-order valence-corrected chi connectivity index (χ0v) is 22.4. The molecule has 0 aromatic heterocycles. The molecule has 0 bridgehead atoms. The average molecular weight is 485 g/mol. The number of ether oxygens (including phenoxy) is 1. The number of β-lactam (4-membered cyclic amide) rings is 1. The summed E-state index contributed by atoms with van der Waals surface area (Å²) in [4.78, 5) is 42.3. The highest BCUT2D eigenvalue weighted by atomic mass is 28.4. The van der Waals surface area contributed by atoms with Gasteiger partial charge in [-0.15, -0.1) is 0 Å². The van der Waals surface area contributed by atoms with E-state index in [1.807, 2.05) is 31.2 Å². The second kappa shape index (κ2) is 8.25. The van der Waals surface area contributed by atoms with Gasteiger partial charge in [0.05, 0.1) is 36.7 Å². The number of allylic oxidation sites excluding steroid dienone is 1. The van der Waals surface area contributed by atoms with Gasteiger partial charge in [0.1, 0.15) is 5.75 Å². The number of anilines is 1. The minimum atomic E-state index is -2.14. The first-order valence-corrected chi connectivity index (χ1v) is 14.9. The van der Waals surface area contributed by atoms with Gasteiger partial charge >= 0.3 is 0 Å². The number of hydrogen-bond donors (Lipinski definition) is 0. The molecule has 4 rings (SSSR count). The van der Waals surface area contributed by atoms with E-state index in [4.69, 9.17) is 9.16 Å². The minimum absolute atomic E-state index is 0.00133. The molecule has 0 radical (unpaired) electrons. The van der Waals surface area contributed by atoms with Crippen LogP contribution in [0.1, 0.15) is 34.1 Å². The standard InChI is InChI=1S/C26H36N2O5Si/c1-15-22(28(23(15)29)16-9-11-17(32-6)12-10-16)19-13-18(33-34(7,8)26(2,3)4)14-20-21(19)25(31)27(5)24(20)30/h9-13,15,19-22H,14H2,1-8H3/t15-,19+,20+,21-,22-/m0/s1. The lowest BCUT2D eigenvalue weighted by molar-refractivity contribution is -0.139. The fourth-order valence-electron chi connectivity index (χ4n) is 5.23. The molecule has 2 aliphatic heterocycles. The molecule has 5 atom stereocenters. The quantitative estimate of drug-likeness (QED) is 0.356. The zero-order valence-electron chi connectivity index (χ0n) is 21.4. The number of methoxy groups -OCH3 is 1. The molecule has 2 saturated heterocycles. The number of benzene rings is 1. The molecule has 2 fully saturated rings. The van der Waals surface area contributed by atoms with Crippen LogP contribution in [0.5, 0.6) is 5.75 Å². The van der Waals surface area contributed by atoms with Crippen LogP contribution in [-0.4, -0.2) is 51.1 Å². The van der Waals surface area contributed by atoms with Gasteiger partial charge in [0.2, 0.25) is 26.0 Å². The number of nitrogens with zero attached hydrogens (tertiary/aromatic N) is 2. The van der Waals surface area contributed by atoms with Crippen LogP contribution in [0.25, 0.3) is 0 Å². The molecule has 1 aliphatic carbocycles. The average Bonchev–Trinajstić information content (AvgIpc) is 2.99. The lowest BCUT2D eigenvalue weighted by atomic mass is 9.67. The van der Waals surface area contributed by atoms with Gasteiger partial charge in [0.15, 0.2) is 0 Å². The molecular weight excluding hydrogens is 448 g/mol. The van der Waals surface area contributed by atoms with Crippen molar-refractivity contribution in [3.8, 4) is 5.75 Å². The molecular formula is C26H36N2O5Si. The van der Waals surface area contributed by atoms with Crippen LogP contribution in [0.3, 0.4) is 0 Å². The summed E-state index contributed by atoms with van der Waals surface area (Å²) < 4.78 is 11.9. The van der Waals surface area contributed by atoms with Crippen LogP contribution in [-0.2, 0) is 18.8 Å². The van der Waals surface area contributed by atoms with E-state index >= 15 is 0 Å². The Hall–Kier alpha value is -2.61. The van der Waals surface area contributed by atoms with E-state index in [2.05, 4.69) is 39.9 Å². The summed E-state index contributed by atoms with van der Waals surface area (Å²) >= 11 is 0. The maximum atomic E-state index is 13.2. The number of rotatable bonds is 5. The second-order valence-electron chi connectivity index (χ2n) is 11.3. The summed E-state index contributed by atoms with van der Waals surface area (Å²) in [5, 5.41) is 0.00133. The number of likely N-dealkylation sites (tertiary alicyclic amines) is 1. The molecule has 0 N–H and O–H groups in total. The Balaban J connectivity index is 1.74. The first kappa shape index (κ1) is 24.5. The van der Waals surface area contributed by atoms with E-state index < -0.39 is 20.2 Å². The third kappa shape index (κ3) is 3.76. The Morgan fingerprint density at radius 1 is 1.00 bits per heavy atom. The molecule has 0 spiro atoms. The maximum absolute atomic E-state index is 13.2. The fraction of sp³-hybridized carbons (Fsp3) is 0.577. The Bertz CT molecular complexity index is 1040. The van der Waals surface area contributed by atoms with Crippen molar-refractivity contribution in [2.45, 2.75) is 58.3 Å². The molecule has 3 amide bonds. The third-order valence-electron chi connectivity index (χ3n) is 8.29. The van der Waals surface area contributed by atoms with Crippen LogP contribution in [0.4, 0.5) is 5.69 Å². The summed E-state index contributed by atoms with van der Waals surface area (Å²) in [6.07, 6.45) is 2.48. The lowest BCUT2D eigenvalue weighted by Gasteiger charge is -2.51. The number of carbonyl (C=O) groups excluding carboxylic acids is 3. The molecule has 1 aromatic carbocycles. The predicted molar refractivity (Wildman–Crippen MR) is 133 cm³/mol. The molecule has 1 aromatic rings. The Morgan fingerprint density at radius 3 is 2.18 bits per heavy atom. The van der Waals surface area contributed by atoms with Crippen molar-refractivity contribution >= 4 is 31.7 Å². The van der Waals surface area contributed by atoms with Gasteiger partial charge in [0.25, 0.3) is 0 Å². The summed E-state index contributed by atoms with van der Waals surface area (Å²) in [5.41, 5.74) is 0.765. The van der Waals surface area contributed by atoms with E-state index in [1.54, 1.807) is 19.1 Å². The van der Waals surface area contributed by atoms with Crippen molar-refractivity contribution in [3.63, 3.8) is 0 Å². The van der Waals surface area contributed by atoms with Gasteiger partial charge in [-0.1, -0.05) is 27.7 Å². The van der Waals surface area contributed by atoms with E-state index in [-0.39, 0.29) is 40.6 Å². The summed E-state index contributed by atoms with van der Waals surface area (Å²) in [5.74, 6) is -0.291. The number of imide groups is 1. The van der Waals surface area contributed by atoms with Crippen LogP contribution < -0.4 is 9.64 Å². The van der Waals surface area contributed by atoms with E-state index in [0.717, 1.165) is 11.4 Å². The smallest absolute Gasteiger partial charge is 0.250 e. The predicted octanol–water partition coefficient (Wildman–Crippen LogP) is 4.20. The molecule has 8 heteroatoms. The molecule has 0 unspecified atom stereocenters. The number of amides is 3. The molecule has 0 saturated carbocycles. The molecule has 184 valence electrons. The molecule has 3 aliphatic rings. The highest BCUT2D eigenvalue weighted by Gasteiger charge is 2.59. The van der Waals surface area contributed by atoms with Crippen LogP contribution >= 0.6 is 0 Å². The van der Waals surface area contributed by atoms with Crippen molar-refractivity contribution in [1.82, 2.24) is 4.90 Å². The van der Waals surface area contributed by atoms with Crippen molar-refractivity contribution in [1.29, 1.82) is 0 Å². The monoisotopic (exact) mass is 484 g/mol. The van der Waals surface area contributed by atoms with Gasteiger partial charge < -0.3 is 14.1 Å². The Labute approximate surface area is 203 Å². The van der Waals surface area contributed by atoms with E-state index in [0.29, 0.717) is 12.2 Å². The van der Waals surface area contributed by atoms with Gasteiger partial charge in [-0.2, -0.15) is 0 Å². The highest BCUT2D eigenvalue weighted by Crippen LogP contribution is 2.50. The SMILES string of the molecule is COc1ccc(N2C(=O)[C@@H](C)[C@H]2[C@@H]2C=C(O[Si](C)(C)C(C)(C)C)C[C@H]3C(=O)N(C)C(=O)[C@@H]23)cc1. The third-order valence-corrected chi connectivity index (χ3v) is 12.7. The van der Waals surface area contributed by atoms with Gasteiger partial charge in [0, 0.05) is 25.1 Å². The molecule has 34 heavy (non-hydrogen) atoms. The van der Waals surface area contributed by atoms with E-state index in [9.17, 15) is 14.4 Å². The number of carbonyl (C=O) groups is 3. The van der Waals surface area contributed by atoms with Gasteiger partial charge in [-0.05, 0) is 48.5 Å². The topological polar surface area (TPSA) is 76.2 Å². The fourth-order valence-corrected chi connectivity index (χ4v) is 6.34. The summed E-state index contributed by atoms with van der Waals surface area (Å²) in [6, 6.07) is 7.15. The lowest BCUT2D eigenvalue weighted by Crippen LogP contribution is -2.65. The zero-order chi connectivity index (χ0) is 25.2.